The van der Waals surface area contributed by atoms with Crippen LogP contribution < -0.4 is 0 Å². The minimum atomic E-state index is -1.08. The molecule has 9 heavy (non-hydrogen) atoms. The van der Waals surface area contributed by atoms with E-state index in [1.165, 1.54) is 0 Å². The lowest BCUT2D eigenvalue weighted by atomic mass is 10.4. The van der Waals surface area contributed by atoms with Crippen LogP contribution in [0.5, 0.6) is 0 Å². The monoisotopic (exact) mass is 150 g/mol. The van der Waals surface area contributed by atoms with Gasteiger partial charge in [-0.3, -0.25) is 0 Å². The Hall–Kier alpha value is -0.220. The van der Waals surface area contributed by atoms with Crippen LogP contribution in [0.2, 0.25) is 0 Å². The number of rotatable bonds is 3. The summed E-state index contributed by atoms with van der Waals surface area (Å²) in [6.45, 7) is 1.98. The fourth-order valence-electron chi connectivity index (χ4n) is 0.313. The van der Waals surface area contributed by atoms with Crippen LogP contribution in [0.1, 0.15) is 6.92 Å². The second-order valence-corrected chi connectivity index (χ2v) is 1.82. The molecule has 0 aromatic heterocycles. The van der Waals surface area contributed by atoms with Crippen LogP contribution in [-0.4, -0.2) is 29.5 Å². The maximum absolute atomic E-state index is 10.5. The van der Waals surface area contributed by atoms with E-state index in [-0.39, 0.29) is 5.75 Å². The molecule has 0 amide bonds. The number of aliphatic hydroxyl groups is 1. The van der Waals surface area contributed by atoms with Crippen LogP contribution in [0, 0.1) is 0 Å². The van der Waals surface area contributed by atoms with Crippen molar-refractivity contribution in [2.45, 2.75) is 13.0 Å². The van der Waals surface area contributed by atoms with Gasteiger partial charge < -0.3 is 9.84 Å². The third-order valence-corrected chi connectivity index (χ3v) is 1.08. The van der Waals surface area contributed by atoms with Gasteiger partial charge in [-0.25, -0.2) is 4.79 Å². The Morgan fingerprint density at radius 1 is 1.89 bits per heavy atom. The van der Waals surface area contributed by atoms with Crippen LogP contribution in [0.15, 0.2) is 0 Å². The quantitative estimate of drug-likeness (QED) is 0.434. The maximum Gasteiger partial charge on any atom is 0.335 e. The molecule has 1 unspecified atom stereocenters. The van der Waals surface area contributed by atoms with E-state index in [1.54, 1.807) is 6.92 Å². The molecule has 4 heteroatoms. The highest BCUT2D eigenvalue weighted by Crippen LogP contribution is 1.90. The molecule has 0 aromatic rings. The molecular formula is C5H10O3S. The van der Waals surface area contributed by atoms with Crippen LogP contribution >= 0.6 is 12.6 Å². The molecule has 0 saturated heterocycles. The van der Waals surface area contributed by atoms with Crippen LogP contribution in [0.3, 0.4) is 0 Å². The second-order valence-electron chi connectivity index (χ2n) is 1.45. The highest BCUT2D eigenvalue weighted by molar-refractivity contribution is 7.80. The number of thiol groups is 1. The first kappa shape index (κ1) is 8.78. The lowest BCUT2D eigenvalue weighted by Crippen LogP contribution is -2.24. The Bertz CT molecular complexity index is 94.2. The predicted octanol–water partition coefficient (Wildman–Crippen LogP) is -0.160. The molecule has 0 aromatic carbocycles. The molecule has 0 spiro atoms. The number of hydrogen-bond donors (Lipinski definition) is 2. The lowest BCUT2D eigenvalue weighted by Gasteiger charge is -2.04. The molecule has 1 N–H and O–H groups in total. The normalized spacial score (nSPS) is 12.8. The summed E-state index contributed by atoms with van der Waals surface area (Å²) in [7, 11) is 0. The Labute approximate surface area is 59.4 Å². The van der Waals surface area contributed by atoms with E-state index >= 15 is 0 Å². The van der Waals surface area contributed by atoms with E-state index in [9.17, 15) is 4.79 Å². The van der Waals surface area contributed by atoms with E-state index < -0.39 is 12.1 Å². The molecule has 0 aliphatic rings. The van der Waals surface area contributed by atoms with Crippen molar-refractivity contribution in [3.05, 3.63) is 0 Å². The zero-order chi connectivity index (χ0) is 7.28. The van der Waals surface area contributed by atoms with Gasteiger partial charge in [-0.15, -0.1) is 0 Å². The van der Waals surface area contributed by atoms with Crippen molar-refractivity contribution in [2.75, 3.05) is 12.4 Å². The summed E-state index contributed by atoms with van der Waals surface area (Å²) in [5.41, 5.74) is 0. The summed E-state index contributed by atoms with van der Waals surface area (Å²) in [5, 5.41) is 8.71. The number of ether oxygens (including phenoxy) is 1. The molecule has 0 aliphatic heterocycles. The van der Waals surface area contributed by atoms with E-state index in [4.69, 9.17) is 5.11 Å². The minimum Gasteiger partial charge on any atom is -0.464 e. The SMILES string of the molecule is CCOC(=O)C(O)CS. The van der Waals surface area contributed by atoms with Gasteiger partial charge in [0.05, 0.1) is 6.61 Å². The molecule has 0 rings (SSSR count). The van der Waals surface area contributed by atoms with E-state index in [2.05, 4.69) is 17.4 Å². The Kier molecular flexibility index (Phi) is 4.53. The summed E-state index contributed by atoms with van der Waals surface area (Å²) in [5.74, 6) is -0.494. The zero-order valence-corrected chi connectivity index (χ0v) is 6.10. The fraction of sp³-hybridized carbons (Fsp3) is 0.800. The van der Waals surface area contributed by atoms with Crippen molar-refractivity contribution in [3.63, 3.8) is 0 Å². The minimum absolute atomic E-state index is 0.110. The number of aliphatic hydroxyl groups excluding tert-OH is 1. The standard InChI is InChI=1S/C5H10O3S/c1-2-8-5(7)4(6)3-9/h4,6,9H,2-3H2,1H3. The van der Waals surface area contributed by atoms with E-state index in [0.717, 1.165) is 0 Å². The van der Waals surface area contributed by atoms with Gasteiger partial charge in [-0.1, -0.05) is 0 Å². The van der Waals surface area contributed by atoms with Crippen LogP contribution in [0.25, 0.3) is 0 Å². The highest BCUT2D eigenvalue weighted by atomic mass is 32.1. The zero-order valence-electron chi connectivity index (χ0n) is 5.20. The number of hydrogen-bond acceptors (Lipinski definition) is 4. The van der Waals surface area contributed by atoms with Crippen molar-refractivity contribution >= 4 is 18.6 Å². The molecule has 1 atom stereocenters. The number of carbonyl (C=O) groups excluding carboxylic acids is 1. The summed E-state index contributed by atoms with van der Waals surface area (Å²) in [6, 6.07) is 0. The van der Waals surface area contributed by atoms with Crippen LogP contribution in [-0.2, 0) is 9.53 Å². The third kappa shape index (κ3) is 3.37. The first-order chi connectivity index (χ1) is 4.22. The van der Waals surface area contributed by atoms with Crippen molar-refractivity contribution in [1.29, 1.82) is 0 Å². The van der Waals surface area contributed by atoms with Crippen molar-refractivity contribution in [1.82, 2.24) is 0 Å². The number of esters is 1. The van der Waals surface area contributed by atoms with Crippen molar-refractivity contribution in [3.8, 4) is 0 Å². The van der Waals surface area contributed by atoms with E-state index in [1.807, 2.05) is 0 Å². The molecule has 0 saturated carbocycles. The fourth-order valence-corrected chi connectivity index (χ4v) is 0.462. The summed E-state index contributed by atoms with van der Waals surface area (Å²) < 4.78 is 4.46. The largest absolute Gasteiger partial charge is 0.464 e. The van der Waals surface area contributed by atoms with Gasteiger partial charge in [0.25, 0.3) is 0 Å². The first-order valence-corrected chi connectivity index (χ1v) is 3.31. The molecular weight excluding hydrogens is 140 g/mol. The molecule has 3 nitrogen and oxygen atoms in total. The Morgan fingerprint density at radius 2 is 2.44 bits per heavy atom. The van der Waals surface area contributed by atoms with Gasteiger partial charge in [-0.05, 0) is 6.92 Å². The topological polar surface area (TPSA) is 46.5 Å². The predicted molar refractivity (Wildman–Crippen MR) is 36.5 cm³/mol. The van der Waals surface area contributed by atoms with Gasteiger partial charge in [0, 0.05) is 5.75 Å². The van der Waals surface area contributed by atoms with Gasteiger partial charge in [0.1, 0.15) is 0 Å². The van der Waals surface area contributed by atoms with E-state index in [0.29, 0.717) is 6.61 Å². The summed E-state index contributed by atoms with van der Waals surface area (Å²) in [4.78, 5) is 10.5. The smallest absolute Gasteiger partial charge is 0.335 e. The van der Waals surface area contributed by atoms with Gasteiger partial charge in [0.2, 0.25) is 0 Å². The molecule has 0 aliphatic carbocycles. The molecule has 0 radical (unpaired) electrons. The second kappa shape index (κ2) is 4.64. The number of carbonyl (C=O) groups is 1. The summed E-state index contributed by atoms with van der Waals surface area (Å²) >= 11 is 3.70. The first-order valence-electron chi connectivity index (χ1n) is 2.68. The maximum atomic E-state index is 10.5. The Morgan fingerprint density at radius 3 is 2.78 bits per heavy atom. The average Bonchev–Trinajstić information content (AvgIpc) is 1.87. The molecule has 0 heterocycles. The van der Waals surface area contributed by atoms with Gasteiger partial charge in [0.15, 0.2) is 6.10 Å². The highest BCUT2D eigenvalue weighted by Gasteiger charge is 2.12. The molecule has 0 bridgehead atoms. The lowest BCUT2D eigenvalue weighted by molar-refractivity contribution is -0.151. The van der Waals surface area contributed by atoms with Gasteiger partial charge >= 0.3 is 5.97 Å². The Balaban J connectivity index is 3.46. The van der Waals surface area contributed by atoms with Crippen molar-refractivity contribution < 1.29 is 14.6 Å². The molecule has 54 valence electrons. The average molecular weight is 150 g/mol. The third-order valence-electron chi connectivity index (χ3n) is 0.732. The summed E-state index contributed by atoms with van der Waals surface area (Å²) in [6.07, 6.45) is -1.08. The van der Waals surface area contributed by atoms with Crippen LogP contribution in [0.4, 0.5) is 0 Å². The van der Waals surface area contributed by atoms with Gasteiger partial charge in [-0.2, -0.15) is 12.6 Å². The molecule has 0 fully saturated rings. The van der Waals surface area contributed by atoms with Crippen molar-refractivity contribution in [2.24, 2.45) is 0 Å².